The van der Waals surface area contributed by atoms with Crippen LogP contribution in [0.3, 0.4) is 0 Å². The lowest BCUT2D eigenvalue weighted by Crippen LogP contribution is -2.36. The predicted molar refractivity (Wildman–Crippen MR) is 67.6 cm³/mol. The lowest BCUT2D eigenvalue weighted by Gasteiger charge is -2.29. The van der Waals surface area contributed by atoms with Gasteiger partial charge in [-0.05, 0) is 25.0 Å². The molecule has 108 valence electrons. The van der Waals surface area contributed by atoms with Crippen LogP contribution in [0.4, 0.5) is 23.2 Å². The fraction of sp³-hybridized carbons (Fsp3) is 0.538. The van der Waals surface area contributed by atoms with Crippen LogP contribution in [-0.4, -0.2) is 19.3 Å². The number of anilines is 1. The highest BCUT2D eigenvalue weighted by molar-refractivity contribution is 5.56. The summed E-state index contributed by atoms with van der Waals surface area (Å²) in [6.07, 6.45) is -3.89. The van der Waals surface area contributed by atoms with Gasteiger partial charge in [-0.2, -0.15) is 13.2 Å². The van der Waals surface area contributed by atoms with Crippen LogP contribution in [-0.2, 0) is 0 Å². The predicted octanol–water partition coefficient (Wildman–Crippen LogP) is 3.62. The molecule has 1 atom stereocenters. The number of hydrogen-bond acceptors (Lipinski definition) is 2. The van der Waals surface area contributed by atoms with Crippen LogP contribution >= 0.6 is 0 Å². The highest BCUT2D eigenvalue weighted by Gasteiger charge is 2.32. The monoisotopic (exact) mass is 278 g/mol. The molecule has 0 saturated heterocycles. The van der Waals surface area contributed by atoms with E-state index in [9.17, 15) is 17.6 Å². The van der Waals surface area contributed by atoms with E-state index in [1.807, 2.05) is 0 Å². The molecule has 0 amide bonds. The van der Waals surface area contributed by atoms with Gasteiger partial charge in [0, 0.05) is 12.6 Å². The van der Waals surface area contributed by atoms with Gasteiger partial charge in [0.05, 0.1) is 5.69 Å². The minimum absolute atomic E-state index is 0.0447. The van der Waals surface area contributed by atoms with E-state index in [2.05, 4.69) is 0 Å². The molecule has 0 aliphatic heterocycles. The van der Waals surface area contributed by atoms with E-state index in [0.717, 1.165) is 11.0 Å². The van der Waals surface area contributed by atoms with Gasteiger partial charge in [-0.25, -0.2) is 4.39 Å². The number of rotatable bonds is 5. The smallest absolute Gasteiger partial charge is 0.360 e. The molecule has 0 unspecified atom stereocenters. The Kier molecular flexibility index (Phi) is 5.17. The van der Waals surface area contributed by atoms with Crippen molar-refractivity contribution in [2.24, 2.45) is 5.73 Å². The van der Waals surface area contributed by atoms with E-state index in [4.69, 9.17) is 5.73 Å². The summed E-state index contributed by atoms with van der Waals surface area (Å²) in [4.78, 5) is 1.01. The molecule has 1 aromatic carbocycles. The molecule has 0 aromatic heterocycles. The van der Waals surface area contributed by atoms with Crippen LogP contribution in [0, 0.1) is 5.82 Å². The summed E-state index contributed by atoms with van der Waals surface area (Å²) in [5, 5.41) is 0. The Morgan fingerprint density at radius 1 is 1.32 bits per heavy atom. The third-order valence-electron chi connectivity index (χ3n) is 2.69. The average Bonchev–Trinajstić information content (AvgIpc) is 2.26. The molecule has 0 spiro atoms. The maximum absolute atomic E-state index is 13.9. The maximum Gasteiger partial charge on any atom is 0.405 e. The number of nitrogens with zero attached hydrogens (tertiary/aromatic N) is 1. The van der Waals surface area contributed by atoms with Crippen molar-refractivity contribution in [3.8, 4) is 0 Å². The molecule has 0 radical (unpaired) electrons. The van der Waals surface area contributed by atoms with Crippen molar-refractivity contribution < 1.29 is 17.6 Å². The van der Waals surface area contributed by atoms with Gasteiger partial charge in [-0.1, -0.05) is 19.1 Å². The summed E-state index contributed by atoms with van der Waals surface area (Å²) in [6, 6.07) is 3.63. The fourth-order valence-electron chi connectivity index (χ4n) is 1.99. The second-order valence-corrected chi connectivity index (χ2v) is 4.50. The molecule has 2 nitrogen and oxygen atoms in total. The molecular formula is C13H18F4N2. The summed E-state index contributed by atoms with van der Waals surface area (Å²) in [6.45, 7) is 2.31. The van der Waals surface area contributed by atoms with Crippen molar-refractivity contribution in [3.63, 3.8) is 0 Å². The van der Waals surface area contributed by atoms with E-state index in [-0.39, 0.29) is 12.2 Å². The molecule has 0 aliphatic rings. The minimum Gasteiger partial charge on any atom is -0.360 e. The van der Waals surface area contributed by atoms with Crippen molar-refractivity contribution in [2.75, 3.05) is 18.0 Å². The van der Waals surface area contributed by atoms with Gasteiger partial charge in [-0.15, -0.1) is 0 Å². The molecule has 0 saturated carbocycles. The molecule has 0 aliphatic carbocycles. The van der Waals surface area contributed by atoms with Crippen LogP contribution in [0.1, 0.15) is 31.9 Å². The second-order valence-electron chi connectivity index (χ2n) is 4.50. The molecule has 6 heteroatoms. The number of nitrogens with two attached hydrogens (primary N) is 1. The lowest BCUT2D eigenvalue weighted by molar-refractivity contribution is -0.119. The maximum atomic E-state index is 13.9. The summed E-state index contributed by atoms with van der Waals surface area (Å²) >= 11 is 0. The van der Waals surface area contributed by atoms with Crippen molar-refractivity contribution >= 4 is 5.69 Å². The first kappa shape index (κ1) is 15.8. The van der Waals surface area contributed by atoms with Crippen LogP contribution in [0.2, 0.25) is 0 Å². The lowest BCUT2D eigenvalue weighted by atomic mass is 10.0. The van der Waals surface area contributed by atoms with E-state index < -0.39 is 24.6 Å². The quantitative estimate of drug-likeness (QED) is 0.833. The standard InChI is InChI=1S/C13H18F4N2/c1-3-7-19(8-13(15,16)17)12-10(9(2)18)5-4-6-11(12)14/h4-6,9H,3,7-8,18H2,1-2H3/t9-/m0/s1. The van der Waals surface area contributed by atoms with Gasteiger partial charge in [0.25, 0.3) is 0 Å². The first-order valence-corrected chi connectivity index (χ1v) is 6.12. The van der Waals surface area contributed by atoms with Gasteiger partial charge in [0.2, 0.25) is 0 Å². The van der Waals surface area contributed by atoms with Gasteiger partial charge < -0.3 is 10.6 Å². The average molecular weight is 278 g/mol. The summed E-state index contributed by atoms with van der Waals surface area (Å²) in [5.74, 6) is -0.674. The molecule has 0 heterocycles. The zero-order valence-corrected chi connectivity index (χ0v) is 11.0. The third-order valence-corrected chi connectivity index (χ3v) is 2.69. The zero-order valence-electron chi connectivity index (χ0n) is 11.0. The summed E-state index contributed by atoms with van der Waals surface area (Å²) in [5.41, 5.74) is 6.05. The highest BCUT2D eigenvalue weighted by Crippen LogP contribution is 2.31. The molecule has 2 N–H and O–H groups in total. The van der Waals surface area contributed by atoms with E-state index in [1.54, 1.807) is 19.9 Å². The second kappa shape index (κ2) is 6.23. The Hall–Kier alpha value is -1.30. The Labute approximate surface area is 110 Å². The SMILES string of the molecule is CCCN(CC(F)(F)F)c1c(F)cccc1[C@H](C)N. The number of benzene rings is 1. The Balaban J connectivity index is 3.21. The molecule has 0 fully saturated rings. The van der Waals surface area contributed by atoms with E-state index in [0.29, 0.717) is 12.0 Å². The van der Waals surface area contributed by atoms with Gasteiger partial charge >= 0.3 is 6.18 Å². The molecule has 19 heavy (non-hydrogen) atoms. The summed E-state index contributed by atoms with van der Waals surface area (Å²) < 4.78 is 51.6. The first-order chi connectivity index (χ1) is 8.76. The van der Waals surface area contributed by atoms with Crippen molar-refractivity contribution in [1.29, 1.82) is 0 Å². The van der Waals surface area contributed by atoms with Crippen molar-refractivity contribution in [3.05, 3.63) is 29.6 Å². The molecule has 1 rings (SSSR count). The largest absolute Gasteiger partial charge is 0.405 e. The fourth-order valence-corrected chi connectivity index (χ4v) is 1.99. The van der Waals surface area contributed by atoms with Gasteiger partial charge in [0.15, 0.2) is 0 Å². The number of hydrogen-bond donors (Lipinski definition) is 1. The molecule has 0 bridgehead atoms. The number of alkyl halides is 3. The minimum atomic E-state index is -4.38. The highest BCUT2D eigenvalue weighted by atomic mass is 19.4. The topological polar surface area (TPSA) is 29.3 Å². The van der Waals surface area contributed by atoms with Gasteiger partial charge in [-0.3, -0.25) is 0 Å². The van der Waals surface area contributed by atoms with Crippen LogP contribution < -0.4 is 10.6 Å². The first-order valence-electron chi connectivity index (χ1n) is 6.12. The van der Waals surface area contributed by atoms with Crippen LogP contribution in [0.15, 0.2) is 18.2 Å². The number of halogens is 4. The van der Waals surface area contributed by atoms with Gasteiger partial charge in [0.1, 0.15) is 12.4 Å². The number of para-hydroxylation sites is 1. The third kappa shape index (κ3) is 4.38. The van der Waals surface area contributed by atoms with E-state index >= 15 is 0 Å². The summed E-state index contributed by atoms with van der Waals surface area (Å²) in [7, 11) is 0. The molecular weight excluding hydrogens is 260 g/mol. The van der Waals surface area contributed by atoms with Crippen molar-refractivity contribution in [1.82, 2.24) is 0 Å². The van der Waals surface area contributed by atoms with E-state index in [1.165, 1.54) is 6.07 Å². The normalized spacial score (nSPS) is 13.4. The van der Waals surface area contributed by atoms with Crippen molar-refractivity contribution in [2.45, 2.75) is 32.5 Å². The van der Waals surface area contributed by atoms with Crippen LogP contribution in [0.25, 0.3) is 0 Å². The Bertz CT molecular complexity index is 416. The molecule has 1 aromatic rings. The Morgan fingerprint density at radius 3 is 2.42 bits per heavy atom. The Morgan fingerprint density at radius 2 is 1.95 bits per heavy atom. The zero-order chi connectivity index (χ0) is 14.6. The van der Waals surface area contributed by atoms with Crippen LogP contribution in [0.5, 0.6) is 0 Å².